The Hall–Kier alpha value is -1.91. The molecule has 3 rings (SSSR count). The number of carboxylic acids is 1. The summed E-state index contributed by atoms with van der Waals surface area (Å²) in [4.78, 5) is 30.0. The first-order chi connectivity index (χ1) is 9.95. The highest BCUT2D eigenvalue weighted by Crippen LogP contribution is 2.44. The molecule has 0 spiro atoms. The summed E-state index contributed by atoms with van der Waals surface area (Å²) in [5.41, 5.74) is 2.23. The molecule has 5 heteroatoms. The third-order valence-electron chi connectivity index (χ3n) is 4.53. The van der Waals surface area contributed by atoms with E-state index in [-0.39, 0.29) is 11.8 Å². The molecule has 1 N–H and O–H groups in total. The second-order valence-corrected chi connectivity index (χ2v) is 6.29. The average molecular weight is 288 g/mol. The lowest BCUT2D eigenvalue weighted by atomic mass is 9.92. The Balaban J connectivity index is 1.80. The Morgan fingerprint density at radius 3 is 2.33 bits per heavy atom. The fraction of sp³-hybridized carbons (Fsp3) is 0.562. The van der Waals surface area contributed by atoms with E-state index in [1.165, 1.54) is 0 Å². The monoisotopic (exact) mass is 288 g/mol. The maximum Gasteiger partial charge on any atom is 0.308 e. The van der Waals surface area contributed by atoms with Crippen LogP contribution in [0.25, 0.3) is 0 Å². The molecule has 1 amide bonds. The Morgan fingerprint density at radius 2 is 1.81 bits per heavy atom. The normalized spacial score (nSPS) is 25.1. The van der Waals surface area contributed by atoms with E-state index in [0.717, 1.165) is 24.2 Å². The second kappa shape index (κ2) is 5.13. The zero-order valence-electron chi connectivity index (χ0n) is 12.4. The minimum atomic E-state index is -0.774. The van der Waals surface area contributed by atoms with Crippen molar-refractivity contribution < 1.29 is 14.7 Å². The van der Waals surface area contributed by atoms with Crippen molar-refractivity contribution in [3.8, 4) is 0 Å². The third kappa shape index (κ3) is 2.77. The number of amides is 1. The van der Waals surface area contributed by atoms with Gasteiger partial charge in [0.1, 0.15) is 0 Å². The first-order valence-corrected chi connectivity index (χ1v) is 7.43. The van der Waals surface area contributed by atoms with Crippen LogP contribution in [0.5, 0.6) is 0 Å². The highest BCUT2D eigenvalue weighted by Gasteiger charge is 2.46. The minimum Gasteiger partial charge on any atom is -0.481 e. The van der Waals surface area contributed by atoms with Gasteiger partial charge in [0.25, 0.3) is 5.91 Å². The van der Waals surface area contributed by atoms with Gasteiger partial charge in [0.15, 0.2) is 0 Å². The van der Waals surface area contributed by atoms with E-state index < -0.39 is 11.9 Å². The van der Waals surface area contributed by atoms with Gasteiger partial charge in [-0.15, -0.1) is 0 Å². The zero-order valence-corrected chi connectivity index (χ0v) is 12.4. The Labute approximate surface area is 124 Å². The molecule has 1 saturated carbocycles. The van der Waals surface area contributed by atoms with Gasteiger partial charge in [-0.2, -0.15) is 0 Å². The van der Waals surface area contributed by atoms with Gasteiger partial charge in [-0.25, -0.2) is 0 Å². The maximum atomic E-state index is 12.6. The molecule has 0 aromatic carbocycles. The van der Waals surface area contributed by atoms with Crippen molar-refractivity contribution in [2.24, 2.45) is 17.8 Å². The van der Waals surface area contributed by atoms with Crippen molar-refractivity contribution in [3.05, 3.63) is 29.1 Å². The molecule has 2 aliphatic rings. The number of hydrogen-bond donors (Lipinski definition) is 1. The molecule has 21 heavy (non-hydrogen) atoms. The van der Waals surface area contributed by atoms with Crippen LogP contribution in [0.1, 0.15) is 34.6 Å². The largest absolute Gasteiger partial charge is 0.481 e. The molecule has 2 atom stereocenters. The van der Waals surface area contributed by atoms with Crippen LogP contribution < -0.4 is 0 Å². The highest BCUT2D eigenvalue weighted by atomic mass is 16.4. The molecule has 1 aromatic rings. The molecule has 0 bridgehead atoms. The molecular formula is C16H20N2O3. The highest BCUT2D eigenvalue weighted by molar-refractivity contribution is 5.95. The lowest BCUT2D eigenvalue weighted by Crippen LogP contribution is -2.30. The van der Waals surface area contributed by atoms with E-state index in [4.69, 9.17) is 0 Å². The number of hydrogen-bond acceptors (Lipinski definition) is 3. The van der Waals surface area contributed by atoms with Crippen LogP contribution in [-0.4, -0.2) is 40.0 Å². The molecule has 2 heterocycles. The number of carbonyl (C=O) groups is 2. The van der Waals surface area contributed by atoms with E-state index in [2.05, 4.69) is 4.98 Å². The van der Waals surface area contributed by atoms with Gasteiger partial charge in [0.2, 0.25) is 0 Å². The summed E-state index contributed by atoms with van der Waals surface area (Å²) < 4.78 is 0. The fourth-order valence-corrected chi connectivity index (χ4v) is 3.40. The topological polar surface area (TPSA) is 70.5 Å². The van der Waals surface area contributed by atoms with Gasteiger partial charge < -0.3 is 10.0 Å². The van der Waals surface area contributed by atoms with E-state index in [0.29, 0.717) is 24.6 Å². The number of pyridine rings is 1. The van der Waals surface area contributed by atoms with Crippen LogP contribution in [0.15, 0.2) is 12.1 Å². The predicted octanol–water partition coefficient (Wildman–Crippen LogP) is 1.88. The van der Waals surface area contributed by atoms with Crippen LogP contribution in [0.4, 0.5) is 0 Å². The fourth-order valence-electron chi connectivity index (χ4n) is 3.40. The van der Waals surface area contributed by atoms with E-state index in [1.807, 2.05) is 13.8 Å². The van der Waals surface area contributed by atoms with E-state index in [9.17, 15) is 14.7 Å². The predicted molar refractivity (Wildman–Crippen MR) is 77.0 cm³/mol. The minimum absolute atomic E-state index is 0.0713. The first kappa shape index (κ1) is 14.0. The number of carbonyl (C=O) groups excluding carboxylic acids is 1. The molecule has 1 aliphatic heterocycles. The molecule has 1 aromatic heterocycles. The van der Waals surface area contributed by atoms with Crippen LogP contribution >= 0.6 is 0 Å². The van der Waals surface area contributed by atoms with Crippen molar-refractivity contribution in [2.45, 2.75) is 26.7 Å². The Bertz CT molecular complexity index is 575. The summed E-state index contributed by atoms with van der Waals surface area (Å²) in [6.07, 6.45) is 2.20. The van der Waals surface area contributed by atoms with Gasteiger partial charge in [0.05, 0.1) is 5.92 Å². The lowest BCUT2D eigenvalue weighted by molar-refractivity contribution is -0.142. The standard InChI is InChI=1S/C16H20N2O3/c1-9-5-12(6-10(2)17-9)15(19)18-7-13(11-3-4-11)14(8-18)16(20)21/h5-6,11,13-14H,3-4,7-8H2,1-2H3,(H,20,21)/t13-,14+/m1/s1. The maximum absolute atomic E-state index is 12.6. The molecule has 2 fully saturated rings. The summed E-state index contributed by atoms with van der Waals surface area (Å²) in [6.45, 7) is 4.62. The molecule has 1 saturated heterocycles. The van der Waals surface area contributed by atoms with Crippen molar-refractivity contribution in [1.82, 2.24) is 9.88 Å². The van der Waals surface area contributed by atoms with E-state index >= 15 is 0 Å². The number of likely N-dealkylation sites (tertiary alicyclic amines) is 1. The molecular weight excluding hydrogens is 268 g/mol. The van der Waals surface area contributed by atoms with Crippen molar-refractivity contribution in [1.29, 1.82) is 0 Å². The summed E-state index contributed by atoms with van der Waals surface area (Å²) in [7, 11) is 0. The first-order valence-electron chi connectivity index (χ1n) is 7.43. The number of aromatic nitrogens is 1. The van der Waals surface area contributed by atoms with Crippen molar-refractivity contribution in [2.75, 3.05) is 13.1 Å². The average Bonchev–Trinajstić information content (AvgIpc) is 3.15. The molecule has 0 unspecified atom stereocenters. The summed E-state index contributed by atoms with van der Waals surface area (Å²) >= 11 is 0. The van der Waals surface area contributed by atoms with Gasteiger partial charge >= 0.3 is 5.97 Å². The third-order valence-corrected chi connectivity index (χ3v) is 4.53. The van der Waals surface area contributed by atoms with Crippen LogP contribution in [-0.2, 0) is 4.79 Å². The molecule has 5 nitrogen and oxygen atoms in total. The SMILES string of the molecule is Cc1cc(C(=O)N2C[C@H](C(=O)O)[C@@H](C3CC3)C2)cc(C)n1. The van der Waals surface area contributed by atoms with Gasteiger partial charge in [0, 0.05) is 30.0 Å². The molecule has 112 valence electrons. The van der Waals surface area contributed by atoms with Gasteiger partial charge in [-0.3, -0.25) is 14.6 Å². The van der Waals surface area contributed by atoms with E-state index in [1.54, 1.807) is 17.0 Å². The molecule has 1 aliphatic carbocycles. The summed E-state index contributed by atoms with van der Waals surface area (Å²) in [5.74, 6) is -0.645. The molecule has 0 radical (unpaired) electrons. The number of carboxylic acid groups (broad SMARTS) is 1. The number of aliphatic carboxylic acids is 1. The quantitative estimate of drug-likeness (QED) is 0.922. The van der Waals surface area contributed by atoms with Gasteiger partial charge in [-0.1, -0.05) is 0 Å². The van der Waals surface area contributed by atoms with Crippen molar-refractivity contribution >= 4 is 11.9 Å². The van der Waals surface area contributed by atoms with Crippen LogP contribution in [0, 0.1) is 31.6 Å². The lowest BCUT2D eigenvalue weighted by Gasteiger charge is -2.17. The van der Waals surface area contributed by atoms with Crippen LogP contribution in [0.3, 0.4) is 0 Å². The van der Waals surface area contributed by atoms with Crippen LogP contribution in [0.2, 0.25) is 0 Å². The number of aryl methyl sites for hydroxylation is 2. The summed E-state index contributed by atoms with van der Waals surface area (Å²) in [6, 6.07) is 3.55. The van der Waals surface area contributed by atoms with Crippen molar-refractivity contribution in [3.63, 3.8) is 0 Å². The smallest absolute Gasteiger partial charge is 0.308 e. The number of rotatable bonds is 3. The number of nitrogens with zero attached hydrogens (tertiary/aromatic N) is 2. The second-order valence-electron chi connectivity index (χ2n) is 6.29. The summed E-state index contributed by atoms with van der Waals surface area (Å²) in [5, 5.41) is 9.37. The van der Waals surface area contributed by atoms with Gasteiger partial charge in [-0.05, 0) is 50.7 Å². The zero-order chi connectivity index (χ0) is 15.1. The Morgan fingerprint density at radius 1 is 1.19 bits per heavy atom. The Kier molecular flexibility index (Phi) is 3.43.